The predicted octanol–water partition coefficient (Wildman–Crippen LogP) is 4.76. The molecule has 0 aliphatic carbocycles. The molecular formula is C21H19N5OS2. The van der Waals surface area contributed by atoms with Crippen LogP contribution < -0.4 is 10.3 Å². The molecule has 6 nitrogen and oxygen atoms in total. The Morgan fingerprint density at radius 2 is 1.90 bits per heavy atom. The third kappa shape index (κ3) is 4.55. The Bertz CT molecular complexity index is 1020. The second-order valence-electron chi connectivity index (χ2n) is 6.28. The van der Waals surface area contributed by atoms with Gasteiger partial charge in [-0.25, -0.2) is 0 Å². The van der Waals surface area contributed by atoms with Crippen molar-refractivity contribution in [2.24, 2.45) is 5.10 Å². The van der Waals surface area contributed by atoms with Gasteiger partial charge in [-0.3, -0.25) is 15.1 Å². The minimum absolute atomic E-state index is 0.0347. The van der Waals surface area contributed by atoms with Crippen LogP contribution in [-0.2, 0) is 4.79 Å². The van der Waals surface area contributed by atoms with Crippen molar-refractivity contribution >= 4 is 45.5 Å². The van der Waals surface area contributed by atoms with Crippen LogP contribution in [0.15, 0.2) is 82.8 Å². The third-order valence-electron chi connectivity index (χ3n) is 4.33. The summed E-state index contributed by atoms with van der Waals surface area (Å²) in [4.78, 5) is 12.8. The number of aromatic nitrogens is 2. The van der Waals surface area contributed by atoms with Gasteiger partial charge in [0.2, 0.25) is 5.13 Å². The van der Waals surface area contributed by atoms with Crippen LogP contribution in [-0.4, -0.2) is 27.6 Å². The number of hydrogen-bond acceptors (Lipinski definition) is 7. The zero-order chi connectivity index (χ0) is 20.1. The fourth-order valence-electron chi connectivity index (χ4n) is 3.02. The third-order valence-corrected chi connectivity index (χ3v) is 6.30. The van der Waals surface area contributed by atoms with Crippen molar-refractivity contribution in [3.63, 3.8) is 0 Å². The standard InChI is InChI=1S/C21H19N5OS2/c1-2-13-28-21-24-23-20(29-21)22-19(27)17-14-18(15-9-5-3-6-10-15)26(25-17)16-11-7-4-8-12-16/h2-12,18H,1,13-14H2,(H,22,23,27). The fraction of sp³-hybridized carbons (Fsp3) is 0.143. The number of hydrogen-bond donors (Lipinski definition) is 1. The number of amides is 1. The van der Waals surface area contributed by atoms with Crippen LogP contribution in [0.2, 0.25) is 0 Å². The van der Waals surface area contributed by atoms with Gasteiger partial charge in [0.1, 0.15) is 5.71 Å². The molecule has 29 heavy (non-hydrogen) atoms. The number of para-hydroxylation sites is 1. The number of rotatable bonds is 7. The first-order valence-corrected chi connectivity index (χ1v) is 10.9. The van der Waals surface area contributed by atoms with Gasteiger partial charge < -0.3 is 0 Å². The van der Waals surface area contributed by atoms with E-state index in [4.69, 9.17) is 0 Å². The summed E-state index contributed by atoms with van der Waals surface area (Å²) in [5.74, 6) is 0.501. The molecule has 1 atom stereocenters. The van der Waals surface area contributed by atoms with Crippen LogP contribution in [0.4, 0.5) is 10.8 Å². The fourth-order valence-corrected chi connectivity index (χ4v) is 4.53. The lowest BCUT2D eigenvalue weighted by molar-refractivity contribution is -0.110. The van der Waals surface area contributed by atoms with Crippen molar-refractivity contribution in [3.8, 4) is 0 Å². The second kappa shape index (κ2) is 9.02. The van der Waals surface area contributed by atoms with E-state index in [0.29, 0.717) is 17.3 Å². The summed E-state index contributed by atoms with van der Waals surface area (Å²) in [5.41, 5.74) is 2.53. The number of carbonyl (C=O) groups is 1. The van der Waals surface area contributed by atoms with Gasteiger partial charge in [0, 0.05) is 12.2 Å². The molecule has 2 heterocycles. The van der Waals surface area contributed by atoms with E-state index in [-0.39, 0.29) is 11.9 Å². The van der Waals surface area contributed by atoms with E-state index < -0.39 is 0 Å². The van der Waals surface area contributed by atoms with Crippen LogP contribution in [0.5, 0.6) is 0 Å². The van der Waals surface area contributed by atoms with Crippen molar-refractivity contribution in [2.45, 2.75) is 16.8 Å². The Hall–Kier alpha value is -2.97. The number of anilines is 2. The number of benzene rings is 2. The molecule has 0 saturated carbocycles. The van der Waals surface area contributed by atoms with Gasteiger partial charge in [-0.05, 0) is 17.7 Å². The highest BCUT2D eigenvalue weighted by molar-refractivity contribution is 8.01. The molecule has 1 amide bonds. The lowest BCUT2D eigenvalue weighted by Crippen LogP contribution is -2.21. The van der Waals surface area contributed by atoms with E-state index in [9.17, 15) is 4.79 Å². The summed E-state index contributed by atoms with van der Waals surface area (Å²) in [6.07, 6.45) is 2.32. The zero-order valence-corrected chi connectivity index (χ0v) is 17.2. The van der Waals surface area contributed by atoms with Crippen molar-refractivity contribution < 1.29 is 4.79 Å². The highest BCUT2D eigenvalue weighted by Gasteiger charge is 2.32. The number of hydrazone groups is 1. The Kier molecular flexibility index (Phi) is 6.02. The molecular weight excluding hydrogens is 402 g/mol. The van der Waals surface area contributed by atoms with Gasteiger partial charge in [-0.2, -0.15) is 5.10 Å². The van der Waals surface area contributed by atoms with Crippen LogP contribution >= 0.6 is 23.1 Å². The molecule has 1 aromatic heterocycles. The summed E-state index contributed by atoms with van der Waals surface area (Å²) in [7, 11) is 0. The largest absolute Gasteiger partial charge is 0.295 e. The van der Waals surface area contributed by atoms with E-state index >= 15 is 0 Å². The van der Waals surface area contributed by atoms with Crippen LogP contribution in [0.1, 0.15) is 18.0 Å². The van der Waals surface area contributed by atoms with Crippen molar-refractivity contribution in [1.82, 2.24) is 10.2 Å². The van der Waals surface area contributed by atoms with E-state index in [2.05, 4.69) is 39.3 Å². The smallest absolute Gasteiger partial charge is 0.273 e. The van der Waals surface area contributed by atoms with Gasteiger partial charge in [0.05, 0.1) is 11.7 Å². The first kappa shape index (κ1) is 19.4. The topological polar surface area (TPSA) is 70.5 Å². The van der Waals surface area contributed by atoms with E-state index in [1.807, 2.05) is 53.5 Å². The SMILES string of the molecule is C=CCSc1nnc(NC(=O)C2=NN(c3ccccc3)C(c3ccccc3)C2)s1. The van der Waals surface area contributed by atoms with Gasteiger partial charge in [-0.1, -0.05) is 77.7 Å². The molecule has 0 saturated heterocycles. The number of carbonyl (C=O) groups excluding carboxylic acids is 1. The Morgan fingerprint density at radius 3 is 2.62 bits per heavy atom. The quantitative estimate of drug-likeness (QED) is 0.338. The van der Waals surface area contributed by atoms with Crippen molar-refractivity contribution in [1.29, 1.82) is 0 Å². The van der Waals surface area contributed by atoms with Crippen LogP contribution in [0.3, 0.4) is 0 Å². The predicted molar refractivity (Wildman–Crippen MR) is 120 cm³/mol. The molecule has 3 aromatic rings. The first-order valence-electron chi connectivity index (χ1n) is 9.10. The van der Waals surface area contributed by atoms with Gasteiger partial charge >= 0.3 is 0 Å². The van der Waals surface area contributed by atoms with Crippen LogP contribution in [0.25, 0.3) is 0 Å². The van der Waals surface area contributed by atoms with E-state index in [1.165, 1.54) is 23.1 Å². The monoisotopic (exact) mass is 421 g/mol. The first-order chi connectivity index (χ1) is 14.2. The molecule has 0 spiro atoms. The summed E-state index contributed by atoms with van der Waals surface area (Å²) in [5, 5.41) is 18.0. The zero-order valence-electron chi connectivity index (χ0n) is 15.6. The number of thioether (sulfide) groups is 1. The molecule has 146 valence electrons. The molecule has 1 N–H and O–H groups in total. The maximum atomic E-state index is 12.8. The molecule has 1 unspecified atom stereocenters. The summed E-state index contributed by atoms with van der Waals surface area (Å²) < 4.78 is 0.793. The summed E-state index contributed by atoms with van der Waals surface area (Å²) in [6, 6.07) is 20.0. The maximum absolute atomic E-state index is 12.8. The van der Waals surface area contributed by atoms with Crippen molar-refractivity contribution in [3.05, 3.63) is 78.9 Å². The number of nitrogens with zero attached hydrogens (tertiary/aromatic N) is 4. The average molecular weight is 422 g/mol. The minimum Gasteiger partial charge on any atom is -0.295 e. The summed E-state index contributed by atoms with van der Waals surface area (Å²) in [6.45, 7) is 3.69. The normalized spacial score (nSPS) is 15.8. The Labute approximate surface area is 177 Å². The van der Waals surface area contributed by atoms with Crippen molar-refractivity contribution in [2.75, 3.05) is 16.1 Å². The average Bonchev–Trinajstić information content (AvgIpc) is 3.41. The molecule has 2 aromatic carbocycles. The minimum atomic E-state index is -0.249. The molecule has 8 heteroatoms. The molecule has 1 aliphatic heterocycles. The molecule has 0 bridgehead atoms. The Morgan fingerprint density at radius 1 is 1.17 bits per heavy atom. The highest BCUT2D eigenvalue weighted by atomic mass is 32.2. The number of nitrogens with one attached hydrogen (secondary N) is 1. The van der Waals surface area contributed by atoms with Crippen LogP contribution in [0, 0.1) is 0 Å². The lowest BCUT2D eigenvalue weighted by Gasteiger charge is -2.23. The van der Waals surface area contributed by atoms with Gasteiger partial charge in [0.25, 0.3) is 5.91 Å². The molecule has 1 aliphatic rings. The molecule has 4 rings (SSSR count). The maximum Gasteiger partial charge on any atom is 0.273 e. The molecule has 0 fully saturated rings. The Balaban J connectivity index is 1.54. The second-order valence-corrected chi connectivity index (χ2v) is 8.53. The lowest BCUT2D eigenvalue weighted by atomic mass is 10.0. The van der Waals surface area contributed by atoms with Gasteiger partial charge in [0.15, 0.2) is 4.34 Å². The summed E-state index contributed by atoms with van der Waals surface area (Å²) >= 11 is 2.88. The van der Waals surface area contributed by atoms with E-state index in [1.54, 1.807) is 6.08 Å². The molecule has 0 radical (unpaired) electrons. The van der Waals surface area contributed by atoms with Gasteiger partial charge in [-0.15, -0.1) is 16.8 Å². The highest BCUT2D eigenvalue weighted by Crippen LogP contribution is 2.35. The van der Waals surface area contributed by atoms with E-state index in [0.717, 1.165) is 21.3 Å².